The first-order chi connectivity index (χ1) is 20.7. The number of aryl methyl sites for hydroxylation is 1. The molecule has 4 rings (SSSR count). The Hall–Kier alpha value is -4.29. The van der Waals surface area contributed by atoms with Crippen molar-refractivity contribution < 1.29 is 24.2 Å². The quantitative estimate of drug-likeness (QED) is 0.210. The fourth-order valence-electron chi connectivity index (χ4n) is 4.24. The number of carbonyl (C=O) groups excluding carboxylic acids is 2. The Balaban J connectivity index is 1.58. The standard InChI is InChI=1S/C30H29Cl2N5O6/c1-4-43-30(41)24(38)16-33-15-17-11-12-22(36-28(17)42-3)20-9-5-7-18(25(20)31)19-8-6-10-23(26(19)32)35-27(39)21-13-14-34-37(2)29(21)40/h5-14,24,33,38H,4,15-16H2,1-3H3,(H,35,39)/t24-/m0/s1. The van der Waals surface area contributed by atoms with Crippen molar-refractivity contribution in [3.63, 3.8) is 0 Å². The highest BCUT2D eigenvalue weighted by atomic mass is 35.5. The average Bonchev–Trinajstić information content (AvgIpc) is 3.00. The molecular weight excluding hydrogens is 597 g/mol. The van der Waals surface area contributed by atoms with Gasteiger partial charge in [0, 0.05) is 48.6 Å². The molecule has 0 spiro atoms. The van der Waals surface area contributed by atoms with Gasteiger partial charge in [0.2, 0.25) is 5.88 Å². The van der Waals surface area contributed by atoms with Gasteiger partial charge in [0.1, 0.15) is 5.56 Å². The van der Waals surface area contributed by atoms with E-state index in [1.165, 1.54) is 26.4 Å². The summed E-state index contributed by atoms with van der Waals surface area (Å²) in [4.78, 5) is 41.4. The van der Waals surface area contributed by atoms with Gasteiger partial charge in [0.15, 0.2) is 6.10 Å². The van der Waals surface area contributed by atoms with Crippen molar-refractivity contribution in [1.82, 2.24) is 20.1 Å². The third kappa shape index (κ3) is 7.20. The lowest BCUT2D eigenvalue weighted by Gasteiger charge is -2.15. The molecule has 1 amide bonds. The van der Waals surface area contributed by atoms with Gasteiger partial charge in [-0.25, -0.2) is 14.5 Å². The normalized spacial score (nSPS) is 11.6. The lowest BCUT2D eigenvalue weighted by molar-refractivity contribution is -0.152. The first-order valence-electron chi connectivity index (χ1n) is 13.2. The van der Waals surface area contributed by atoms with Crippen molar-refractivity contribution >= 4 is 40.8 Å². The molecule has 2 heterocycles. The maximum atomic E-state index is 12.8. The van der Waals surface area contributed by atoms with Crippen molar-refractivity contribution in [1.29, 1.82) is 0 Å². The molecule has 0 saturated heterocycles. The van der Waals surface area contributed by atoms with E-state index in [1.54, 1.807) is 55.5 Å². The molecule has 4 aromatic rings. The monoisotopic (exact) mass is 625 g/mol. The van der Waals surface area contributed by atoms with Crippen molar-refractivity contribution in [3.8, 4) is 28.3 Å². The SMILES string of the molecule is CCOC(=O)[C@@H](O)CNCc1ccc(-c2cccc(-c3cccc(NC(=O)c4ccnn(C)c4=O)c3Cl)c2Cl)nc1OC. The molecule has 0 saturated carbocycles. The fourth-order valence-corrected chi connectivity index (χ4v) is 4.84. The number of nitrogens with zero attached hydrogens (tertiary/aromatic N) is 3. The fraction of sp³-hybridized carbons (Fsp3) is 0.233. The molecule has 11 nitrogen and oxygen atoms in total. The summed E-state index contributed by atoms with van der Waals surface area (Å²) < 4.78 is 11.4. The molecule has 224 valence electrons. The number of carbonyl (C=O) groups is 2. The molecular formula is C30H29Cl2N5O6. The maximum absolute atomic E-state index is 12.8. The highest BCUT2D eigenvalue weighted by molar-refractivity contribution is 6.39. The number of hydrogen-bond acceptors (Lipinski definition) is 9. The predicted molar refractivity (Wildman–Crippen MR) is 163 cm³/mol. The van der Waals surface area contributed by atoms with Crippen LogP contribution >= 0.6 is 23.2 Å². The molecule has 2 aromatic carbocycles. The molecule has 0 unspecified atom stereocenters. The number of rotatable bonds is 11. The van der Waals surface area contributed by atoms with Crippen LogP contribution in [0.4, 0.5) is 5.69 Å². The van der Waals surface area contributed by atoms with Crippen molar-refractivity contribution in [2.45, 2.75) is 19.6 Å². The van der Waals surface area contributed by atoms with Crippen LogP contribution in [0.2, 0.25) is 10.0 Å². The Morgan fingerprint density at radius 3 is 2.44 bits per heavy atom. The zero-order valence-electron chi connectivity index (χ0n) is 23.6. The Morgan fingerprint density at radius 2 is 1.72 bits per heavy atom. The van der Waals surface area contributed by atoms with Crippen LogP contribution in [0.1, 0.15) is 22.8 Å². The van der Waals surface area contributed by atoms with Crippen LogP contribution in [0.25, 0.3) is 22.4 Å². The summed E-state index contributed by atoms with van der Waals surface area (Å²) in [7, 11) is 2.94. The molecule has 0 fully saturated rings. The largest absolute Gasteiger partial charge is 0.481 e. The molecule has 0 aliphatic carbocycles. The van der Waals surface area contributed by atoms with Crippen LogP contribution in [-0.4, -0.2) is 58.1 Å². The van der Waals surface area contributed by atoms with Crippen LogP contribution in [0, 0.1) is 0 Å². The van der Waals surface area contributed by atoms with E-state index in [2.05, 4.69) is 20.7 Å². The van der Waals surface area contributed by atoms with Crippen LogP contribution < -0.4 is 20.9 Å². The number of benzene rings is 2. The minimum absolute atomic E-state index is 0.00288. The van der Waals surface area contributed by atoms with E-state index >= 15 is 0 Å². The molecule has 13 heteroatoms. The van der Waals surface area contributed by atoms with E-state index in [1.807, 2.05) is 0 Å². The van der Waals surface area contributed by atoms with Crippen LogP contribution in [0.3, 0.4) is 0 Å². The van der Waals surface area contributed by atoms with E-state index in [4.69, 9.17) is 32.7 Å². The molecule has 0 aliphatic heterocycles. The molecule has 43 heavy (non-hydrogen) atoms. The van der Waals surface area contributed by atoms with E-state index in [0.29, 0.717) is 44.5 Å². The number of anilines is 1. The highest BCUT2D eigenvalue weighted by Crippen LogP contribution is 2.41. The summed E-state index contributed by atoms with van der Waals surface area (Å²) in [6.45, 7) is 2.12. The number of aliphatic hydroxyl groups is 1. The third-order valence-electron chi connectivity index (χ3n) is 6.41. The number of aliphatic hydroxyl groups excluding tert-OH is 1. The summed E-state index contributed by atoms with van der Waals surface area (Å²) in [5, 5.41) is 20.0. The van der Waals surface area contributed by atoms with Gasteiger partial charge in [-0.15, -0.1) is 0 Å². The minimum Gasteiger partial charge on any atom is -0.481 e. The molecule has 0 aliphatic rings. The van der Waals surface area contributed by atoms with Crippen molar-refractivity contribution in [2.75, 3.05) is 25.6 Å². The number of amides is 1. The number of ether oxygens (including phenoxy) is 2. The average molecular weight is 626 g/mol. The number of esters is 1. The zero-order valence-corrected chi connectivity index (χ0v) is 25.1. The van der Waals surface area contributed by atoms with Gasteiger partial charge in [-0.2, -0.15) is 5.10 Å². The van der Waals surface area contributed by atoms with Gasteiger partial charge in [0.25, 0.3) is 11.5 Å². The second-order valence-electron chi connectivity index (χ2n) is 9.23. The van der Waals surface area contributed by atoms with Crippen LogP contribution in [0.15, 0.2) is 65.6 Å². The van der Waals surface area contributed by atoms with Crippen LogP contribution in [-0.2, 0) is 23.1 Å². The predicted octanol–water partition coefficient (Wildman–Crippen LogP) is 4.09. The number of pyridine rings is 1. The maximum Gasteiger partial charge on any atom is 0.336 e. The molecule has 2 aromatic heterocycles. The van der Waals surface area contributed by atoms with E-state index in [-0.39, 0.29) is 30.3 Å². The third-order valence-corrected chi connectivity index (χ3v) is 7.22. The topological polar surface area (TPSA) is 145 Å². The van der Waals surface area contributed by atoms with Crippen LogP contribution in [0.5, 0.6) is 5.88 Å². The summed E-state index contributed by atoms with van der Waals surface area (Å²) in [6, 6.07) is 15.4. The van der Waals surface area contributed by atoms with Gasteiger partial charge >= 0.3 is 5.97 Å². The number of halogens is 2. The summed E-state index contributed by atoms with van der Waals surface area (Å²) in [5.74, 6) is -0.984. The first-order valence-corrected chi connectivity index (χ1v) is 13.9. The lowest BCUT2D eigenvalue weighted by atomic mass is 10.00. The Bertz CT molecular complexity index is 1710. The smallest absolute Gasteiger partial charge is 0.336 e. The second-order valence-corrected chi connectivity index (χ2v) is 9.98. The lowest BCUT2D eigenvalue weighted by Crippen LogP contribution is -2.34. The van der Waals surface area contributed by atoms with Crippen molar-refractivity contribution in [3.05, 3.63) is 92.3 Å². The van der Waals surface area contributed by atoms with E-state index in [0.717, 1.165) is 4.68 Å². The summed E-state index contributed by atoms with van der Waals surface area (Å²) in [5.41, 5.74) is 2.68. The van der Waals surface area contributed by atoms with Gasteiger partial charge < -0.3 is 25.2 Å². The molecule has 1 atom stereocenters. The summed E-state index contributed by atoms with van der Waals surface area (Å²) in [6.07, 6.45) is 0.0730. The van der Waals surface area contributed by atoms with E-state index < -0.39 is 23.5 Å². The molecule has 0 bridgehead atoms. The van der Waals surface area contributed by atoms with E-state index in [9.17, 15) is 19.5 Å². The van der Waals surface area contributed by atoms with Gasteiger partial charge in [-0.1, -0.05) is 59.6 Å². The zero-order chi connectivity index (χ0) is 31.1. The second kappa shape index (κ2) is 14.3. The number of aromatic nitrogens is 3. The number of nitrogens with one attached hydrogen (secondary N) is 2. The van der Waals surface area contributed by atoms with Gasteiger partial charge in [0.05, 0.1) is 35.1 Å². The number of hydrogen-bond donors (Lipinski definition) is 3. The first kappa shape index (κ1) is 31.6. The minimum atomic E-state index is -1.29. The molecule has 3 N–H and O–H groups in total. The number of methoxy groups -OCH3 is 1. The van der Waals surface area contributed by atoms with Gasteiger partial charge in [-0.3, -0.25) is 9.59 Å². The summed E-state index contributed by atoms with van der Waals surface area (Å²) >= 11 is 13.6. The molecule has 0 radical (unpaired) electrons. The van der Waals surface area contributed by atoms with Gasteiger partial charge in [-0.05, 0) is 25.1 Å². The van der Waals surface area contributed by atoms with Crippen molar-refractivity contribution in [2.24, 2.45) is 7.05 Å². The Kier molecular flexibility index (Phi) is 10.5. The Morgan fingerprint density at radius 1 is 1.02 bits per heavy atom. The highest BCUT2D eigenvalue weighted by Gasteiger charge is 2.19. The Labute approximate surface area is 257 Å².